The molecule has 2 aliphatic rings. The Balaban J connectivity index is 1.87. The summed E-state index contributed by atoms with van der Waals surface area (Å²) >= 11 is 12.9. The Hall–Kier alpha value is -2.08. The molecule has 1 aliphatic heterocycles. The smallest absolute Gasteiger partial charge is 0.248 e. The highest BCUT2D eigenvalue weighted by atomic mass is 35.5. The molecule has 0 bridgehead atoms. The van der Waals surface area contributed by atoms with E-state index in [0.29, 0.717) is 29.0 Å². The predicted octanol–water partition coefficient (Wildman–Crippen LogP) is 3.60. The van der Waals surface area contributed by atoms with Crippen molar-refractivity contribution >= 4 is 34.7 Å². The zero-order valence-electron chi connectivity index (χ0n) is 14.8. The fraction of sp³-hybridized carbons (Fsp3) is 0.300. The van der Waals surface area contributed by atoms with E-state index in [1.165, 1.54) is 5.57 Å². The molecule has 2 aromatic rings. The van der Waals surface area contributed by atoms with Crippen molar-refractivity contribution in [2.75, 3.05) is 26.8 Å². The molecule has 27 heavy (non-hydrogen) atoms. The molecule has 140 valence electrons. The third-order valence-electron chi connectivity index (χ3n) is 5.16. The van der Waals surface area contributed by atoms with Gasteiger partial charge in [0, 0.05) is 24.7 Å². The number of carbonyl (C=O) groups is 1. The number of aliphatic hydroxyl groups is 1. The normalized spacial score (nSPS) is 15.6. The first-order valence-electron chi connectivity index (χ1n) is 8.65. The molecular formula is C20H18Cl2N2O3. The van der Waals surface area contributed by atoms with Gasteiger partial charge < -0.3 is 14.7 Å². The van der Waals surface area contributed by atoms with Gasteiger partial charge in [-0.05, 0) is 41.7 Å². The molecule has 1 amide bonds. The number of methoxy groups -OCH3 is 1. The largest absolute Gasteiger partial charge is 0.481 e. The first-order valence-corrected chi connectivity index (χ1v) is 9.41. The summed E-state index contributed by atoms with van der Waals surface area (Å²) in [6.07, 6.45) is 1.48. The number of amides is 1. The Bertz CT molecular complexity index is 972. The van der Waals surface area contributed by atoms with Gasteiger partial charge in [0.1, 0.15) is 6.61 Å². The molecule has 2 heterocycles. The summed E-state index contributed by atoms with van der Waals surface area (Å²) in [6.45, 7) is 0.572. The first kappa shape index (κ1) is 18.3. The molecule has 0 unspecified atom stereocenters. The van der Waals surface area contributed by atoms with Crippen LogP contribution < -0.4 is 4.74 Å². The van der Waals surface area contributed by atoms with Crippen molar-refractivity contribution in [1.29, 1.82) is 0 Å². The van der Waals surface area contributed by atoms with Crippen LogP contribution in [0.1, 0.15) is 17.5 Å². The van der Waals surface area contributed by atoms with Gasteiger partial charge in [-0.25, -0.2) is 4.98 Å². The van der Waals surface area contributed by atoms with Gasteiger partial charge in [0.05, 0.1) is 22.8 Å². The maximum Gasteiger partial charge on any atom is 0.248 e. The van der Waals surface area contributed by atoms with Crippen molar-refractivity contribution < 1.29 is 14.6 Å². The number of aliphatic hydroxyl groups excluding tert-OH is 1. The maximum absolute atomic E-state index is 12.0. The maximum atomic E-state index is 12.0. The molecule has 5 nitrogen and oxygen atoms in total. The number of pyridine rings is 1. The van der Waals surface area contributed by atoms with Crippen molar-refractivity contribution in [2.24, 2.45) is 0 Å². The molecule has 0 atom stereocenters. The Morgan fingerprint density at radius 2 is 2.19 bits per heavy atom. The number of hydrogen-bond acceptors (Lipinski definition) is 4. The number of nitrogens with zero attached hydrogens (tertiary/aromatic N) is 2. The van der Waals surface area contributed by atoms with Crippen LogP contribution in [0, 0.1) is 0 Å². The van der Waals surface area contributed by atoms with Crippen molar-refractivity contribution in [2.45, 2.75) is 12.8 Å². The molecule has 4 rings (SSSR count). The topological polar surface area (TPSA) is 62.7 Å². The molecular weight excluding hydrogens is 387 g/mol. The standard InChI is InChI=1S/C20H18Cl2N2O3/c1-27-17-4-2-3-16(23-17)12-8-15(21)20(22)13-7-11-5-6-24(18(26)10-25)9-14(11)19(12)13/h2-4,8,25H,5-7,9-10H2,1H3. The lowest BCUT2D eigenvalue weighted by Crippen LogP contribution is -2.37. The number of carbonyl (C=O) groups excluding carboxylic acids is 1. The van der Waals surface area contributed by atoms with E-state index in [9.17, 15) is 9.90 Å². The van der Waals surface area contributed by atoms with Crippen LogP contribution >= 0.6 is 23.2 Å². The molecule has 0 fully saturated rings. The second-order valence-corrected chi connectivity index (χ2v) is 7.41. The summed E-state index contributed by atoms with van der Waals surface area (Å²) in [5.74, 6) is 0.247. The third-order valence-corrected chi connectivity index (χ3v) is 5.99. The van der Waals surface area contributed by atoms with E-state index in [1.807, 2.05) is 18.2 Å². The van der Waals surface area contributed by atoms with Crippen molar-refractivity contribution in [3.63, 3.8) is 0 Å². The van der Waals surface area contributed by atoms with Gasteiger partial charge in [-0.1, -0.05) is 34.8 Å². The van der Waals surface area contributed by atoms with Gasteiger partial charge in [-0.2, -0.15) is 0 Å². The molecule has 1 N–H and O–H groups in total. The Labute approximate surface area is 167 Å². The van der Waals surface area contributed by atoms with Gasteiger partial charge in [0.25, 0.3) is 0 Å². The number of aromatic nitrogens is 1. The van der Waals surface area contributed by atoms with Crippen LogP contribution in [0.2, 0.25) is 10.0 Å². The van der Waals surface area contributed by atoms with E-state index < -0.39 is 6.61 Å². The molecule has 0 spiro atoms. The Kier molecular flexibility index (Phi) is 4.84. The van der Waals surface area contributed by atoms with E-state index in [-0.39, 0.29) is 5.91 Å². The highest BCUT2D eigenvalue weighted by Gasteiger charge is 2.33. The highest BCUT2D eigenvalue weighted by Crippen LogP contribution is 2.47. The van der Waals surface area contributed by atoms with Crippen LogP contribution in [0.4, 0.5) is 0 Å². The SMILES string of the molecule is COc1cccc(-c2cc(Cl)c(Cl)c3c2C2=C(CCN(C(=O)CO)C2)C3)n1. The monoisotopic (exact) mass is 404 g/mol. The van der Waals surface area contributed by atoms with E-state index in [2.05, 4.69) is 4.98 Å². The van der Waals surface area contributed by atoms with Gasteiger partial charge in [0.2, 0.25) is 11.8 Å². The van der Waals surface area contributed by atoms with Gasteiger partial charge in [-0.3, -0.25) is 4.79 Å². The van der Waals surface area contributed by atoms with Gasteiger partial charge >= 0.3 is 0 Å². The molecule has 0 radical (unpaired) electrons. The summed E-state index contributed by atoms with van der Waals surface area (Å²) in [4.78, 5) is 18.2. The lowest BCUT2D eigenvalue weighted by Gasteiger charge is -2.28. The van der Waals surface area contributed by atoms with Gasteiger partial charge in [0.15, 0.2) is 0 Å². The summed E-state index contributed by atoms with van der Waals surface area (Å²) < 4.78 is 5.26. The van der Waals surface area contributed by atoms with Gasteiger partial charge in [-0.15, -0.1) is 0 Å². The fourth-order valence-corrected chi connectivity index (χ4v) is 4.29. The number of benzene rings is 1. The summed E-state index contributed by atoms with van der Waals surface area (Å²) in [5, 5.41) is 10.3. The molecule has 7 heteroatoms. The minimum Gasteiger partial charge on any atom is -0.481 e. The second-order valence-electron chi connectivity index (χ2n) is 6.62. The Morgan fingerprint density at radius 3 is 2.93 bits per heavy atom. The lowest BCUT2D eigenvalue weighted by molar-refractivity contribution is -0.133. The molecule has 0 saturated carbocycles. The quantitative estimate of drug-likeness (QED) is 0.848. The minimum atomic E-state index is -0.485. The van der Waals surface area contributed by atoms with Crippen LogP contribution in [0.15, 0.2) is 29.8 Å². The van der Waals surface area contributed by atoms with Crippen LogP contribution in [0.5, 0.6) is 5.88 Å². The Morgan fingerprint density at radius 1 is 1.37 bits per heavy atom. The van der Waals surface area contributed by atoms with E-state index in [4.69, 9.17) is 27.9 Å². The molecule has 0 saturated heterocycles. The van der Waals surface area contributed by atoms with Crippen LogP contribution in [-0.4, -0.2) is 47.7 Å². The van der Waals surface area contributed by atoms with E-state index in [1.54, 1.807) is 18.1 Å². The van der Waals surface area contributed by atoms with Crippen molar-refractivity contribution in [3.05, 3.63) is 51.0 Å². The number of fused-ring (bicyclic) bond motifs is 2. The average Bonchev–Trinajstić information content (AvgIpc) is 3.09. The van der Waals surface area contributed by atoms with E-state index >= 15 is 0 Å². The summed E-state index contributed by atoms with van der Waals surface area (Å²) in [7, 11) is 1.57. The van der Waals surface area contributed by atoms with E-state index in [0.717, 1.165) is 40.8 Å². The zero-order chi connectivity index (χ0) is 19.1. The van der Waals surface area contributed by atoms with Crippen molar-refractivity contribution in [1.82, 2.24) is 9.88 Å². The van der Waals surface area contributed by atoms with Crippen molar-refractivity contribution in [3.8, 4) is 17.1 Å². The summed E-state index contributed by atoms with van der Waals surface area (Å²) in [6, 6.07) is 7.39. The summed E-state index contributed by atoms with van der Waals surface area (Å²) in [5.41, 5.74) is 5.93. The van der Waals surface area contributed by atoms with Crippen LogP contribution in [-0.2, 0) is 11.2 Å². The lowest BCUT2D eigenvalue weighted by atomic mass is 9.94. The number of hydrogen-bond donors (Lipinski definition) is 1. The minimum absolute atomic E-state index is 0.267. The zero-order valence-corrected chi connectivity index (χ0v) is 16.3. The average molecular weight is 405 g/mol. The van der Waals surface area contributed by atoms with Crippen LogP contribution in [0.3, 0.4) is 0 Å². The fourth-order valence-electron chi connectivity index (χ4n) is 3.85. The number of ether oxygens (including phenoxy) is 1. The molecule has 1 aliphatic carbocycles. The van der Waals surface area contributed by atoms with Crippen LogP contribution in [0.25, 0.3) is 16.8 Å². The number of halogens is 2. The first-order chi connectivity index (χ1) is 13.0. The third kappa shape index (κ3) is 3.10. The second kappa shape index (κ2) is 7.15. The molecule has 1 aromatic carbocycles. The number of rotatable bonds is 3. The molecule has 1 aromatic heterocycles. The predicted molar refractivity (Wildman–Crippen MR) is 105 cm³/mol. The highest BCUT2D eigenvalue weighted by molar-refractivity contribution is 6.43.